The molecule has 0 saturated heterocycles. The molecule has 0 radical (unpaired) electrons. The molecule has 2 heterocycles. The molecule has 49 heavy (non-hydrogen) atoms. The van der Waals surface area contributed by atoms with Crippen molar-refractivity contribution in [3.8, 4) is 39.3 Å². The van der Waals surface area contributed by atoms with Crippen LogP contribution in [-0.4, -0.2) is 9.55 Å². The van der Waals surface area contributed by atoms with Crippen LogP contribution in [0.3, 0.4) is 0 Å². The first kappa shape index (κ1) is 28.0. The van der Waals surface area contributed by atoms with Gasteiger partial charge < -0.3 is 4.57 Å². The van der Waals surface area contributed by atoms with Gasteiger partial charge in [0.1, 0.15) is 5.82 Å². The lowest BCUT2D eigenvalue weighted by Crippen LogP contribution is -2.32. The van der Waals surface area contributed by atoms with Crippen LogP contribution in [0.5, 0.6) is 0 Å². The van der Waals surface area contributed by atoms with Crippen molar-refractivity contribution in [1.29, 1.82) is 0 Å². The SMILES string of the molecule is O=P1(c2ccccc2)c2ccccc2-n2c(-c3ccc4c(-c5ccccc5)c5ccccc5c(-c5ccccc5)c4c3)nc3cccc1c32. The van der Waals surface area contributed by atoms with Crippen LogP contribution in [0, 0.1) is 0 Å². The summed E-state index contributed by atoms with van der Waals surface area (Å²) in [5.74, 6) is 0.838. The van der Waals surface area contributed by atoms with E-state index in [2.05, 4.69) is 114 Å². The summed E-state index contributed by atoms with van der Waals surface area (Å²) in [7, 11) is -3.16. The van der Waals surface area contributed by atoms with Crippen molar-refractivity contribution in [2.75, 3.05) is 0 Å². The summed E-state index contributed by atoms with van der Waals surface area (Å²) in [6.45, 7) is 0. The number of nitrogens with zero attached hydrogens (tertiary/aromatic N) is 2. The van der Waals surface area contributed by atoms with Gasteiger partial charge in [-0.2, -0.15) is 0 Å². The predicted octanol–water partition coefficient (Wildman–Crippen LogP) is 10.3. The van der Waals surface area contributed by atoms with Gasteiger partial charge >= 0.3 is 0 Å². The smallest absolute Gasteiger partial charge is 0.175 e. The number of aromatic nitrogens is 2. The minimum atomic E-state index is -3.16. The molecule has 0 fully saturated rings. The second-order valence-corrected chi connectivity index (χ2v) is 15.3. The summed E-state index contributed by atoms with van der Waals surface area (Å²) in [5, 5.41) is 7.30. The zero-order valence-electron chi connectivity index (χ0n) is 26.5. The number of fused-ring (bicyclic) bond motifs is 4. The highest BCUT2D eigenvalue weighted by Gasteiger charge is 2.39. The first-order chi connectivity index (χ1) is 24.2. The van der Waals surface area contributed by atoms with E-state index in [1.807, 2.05) is 66.7 Å². The summed E-state index contributed by atoms with van der Waals surface area (Å²) in [6.07, 6.45) is 0. The molecule has 230 valence electrons. The molecular formula is C45H29N2OP. The van der Waals surface area contributed by atoms with E-state index in [9.17, 15) is 0 Å². The van der Waals surface area contributed by atoms with E-state index in [1.54, 1.807) is 0 Å². The Morgan fingerprint density at radius 1 is 0.449 bits per heavy atom. The Labute approximate surface area is 284 Å². The van der Waals surface area contributed by atoms with Crippen LogP contribution in [0.15, 0.2) is 176 Å². The van der Waals surface area contributed by atoms with Crippen LogP contribution in [0.2, 0.25) is 0 Å². The molecule has 0 bridgehead atoms. The predicted molar refractivity (Wildman–Crippen MR) is 205 cm³/mol. The average molecular weight is 645 g/mol. The fourth-order valence-electron chi connectivity index (χ4n) is 7.91. The molecule has 0 amide bonds. The lowest BCUT2D eigenvalue weighted by molar-refractivity contribution is 0.592. The molecule has 4 heteroatoms. The Hall–Kier alpha value is -6.02. The molecule has 8 aromatic carbocycles. The van der Waals surface area contributed by atoms with Gasteiger partial charge in [0.05, 0.1) is 16.7 Å². The molecule has 1 atom stereocenters. The highest BCUT2D eigenvalue weighted by atomic mass is 31.2. The standard InChI is InChI=1S/C45H29N2OP/c48-49(33-19-8-3-9-20-33)40-25-13-12-24-39(40)47-44-38(23-14-26-41(44)49)46-45(47)32-27-28-36-37(29-32)43(31-17-6-2-7-18-31)35-22-11-10-21-34(35)42(36)30-15-4-1-5-16-30/h1-29H. The van der Waals surface area contributed by atoms with Crippen molar-refractivity contribution in [3.05, 3.63) is 176 Å². The normalized spacial score (nSPS) is 15.1. The number of hydrogen-bond acceptors (Lipinski definition) is 2. The summed E-state index contributed by atoms with van der Waals surface area (Å²) in [4.78, 5) is 5.31. The van der Waals surface area contributed by atoms with Gasteiger partial charge in [0.25, 0.3) is 0 Å². The third kappa shape index (κ3) is 4.03. The fourth-order valence-corrected chi connectivity index (χ4v) is 10.9. The average Bonchev–Trinajstić information content (AvgIpc) is 3.57. The maximum Gasteiger partial charge on any atom is 0.175 e. The van der Waals surface area contributed by atoms with E-state index in [1.165, 1.54) is 43.8 Å². The largest absolute Gasteiger partial charge is 0.308 e. The van der Waals surface area contributed by atoms with E-state index in [0.29, 0.717) is 0 Å². The monoisotopic (exact) mass is 644 g/mol. The minimum Gasteiger partial charge on any atom is -0.308 e. The van der Waals surface area contributed by atoms with Crippen LogP contribution < -0.4 is 15.9 Å². The lowest BCUT2D eigenvalue weighted by Gasteiger charge is -2.29. The Kier molecular flexibility index (Phi) is 6.15. The molecule has 0 N–H and O–H groups in total. The molecule has 1 aliphatic heterocycles. The molecule has 0 spiro atoms. The van der Waals surface area contributed by atoms with Gasteiger partial charge in [-0.05, 0) is 74.1 Å². The zero-order chi connectivity index (χ0) is 32.5. The van der Waals surface area contributed by atoms with Crippen LogP contribution in [0.25, 0.3) is 71.9 Å². The molecular weight excluding hydrogens is 615 g/mol. The summed E-state index contributed by atoms with van der Waals surface area (Å²) < 4.78 is 17.7. The second-order valence-electron chi connectivity index (χ2n) is 12.6. The van der Waals surface area contributed by atoms with Gasteiger partial charge in [-0.3, -0.25) is 4.57 Å². The highest BCUT2D eigenvalue weighted by Crippen LogP contribution is 2.50. The van der Waals surface area contributed by atoms with E-state index in [0.717, 1.165) is 44.0 Å². The molecule has 3 nitrogen and oxygen atoms in total. The van der Waals surface area contributed by atoms with Crippen LogP contribution >= 0.6 is 7.14 Å². The number of benzene rings is 8. The number of imidazole rings is 1. The van der Waals surface area contributed by atoms with Crippen molar-refractivity contribution in [2.24, 2.45) is 0 Å². The Morgan fingerprint density at radius 3 is 1.69 bits per heavy atom. The van der Waals surface area contributed by atoms with Crippen molar-refractivity contribution in [2.45, 2.75) is 0 Å². The first-order valence-electron chi connectivity index (χ1n) is 16.6. The highest BCUT2D eigenvalue weighted by molar-refractivity contribution is 7.86. The zero-order valence-corrected chi connectivity index (χ0v) is 27.4. The van der Waals surface area contributed by atoms with Gasteiger partial charge in [-0.1, -0.05) is 146 Å². The number of rotatable bonds is 4. The lowest BCUT2D eigenvalue weighted by atomic mass is 9.85. The summed E-state index contributed by atoms with van der Waals surface area (Å²) >= 11 is 0. The Morgan fingerprint density at radius 2 is 1.00 bits per heavy atom. The second kappa shape index (κ2) is 10.8. The molecule has 1 unspecified atom stereocenters. The number of hydrogen-bond donors (Lipinski definition) is 0. The topological polar surface area (TPSA) is 34.9 Å². The van der Waals surface area contributed by atoms with Gasteiger partial charge in [0.15, 0.2) is 7.14 Å². The quantitative estimate of drug-likeness (QED) is 0.141. The number of para-hydroxylation sites is 2. The van der Waals surface area contributed by atoms with Crippen LogP contribution in [0.1, 0.15) is 0 Å². The Balaban J connectivity index is 1.32. The van der Waals surface area contributed by atoms with Crippen molar-refractivity contribution in [1.82, 2.24) is 9.55 Å². The van der Waals surface area contributed by atoms with Gasteiger partial charge in [0, 0.05) is 21.5 Å². The molecule has 0 saturated carbocycles. The van der Waals surface area contributed by atoms with Crippen LogP contribution in [-0.2, 0) is 4.57 Å². The summed E-state index contributed by atoms with van der Waals surface area (Å²) in [5.41, 5.74) is 8.46. The van der Waals surface area contributed by atoms with E-state index in [4.69, 9.17) is 4.98 Å². The molecule has 9 aromatic rings. The van der Waals surface area contributed by atoms with Crippen molar-refractivity contribution >= 4 is 55.6 Å². The molecule has 1 aromatic heterocycles. The molecule has 0 aliphatic carbocycles. The van der Waals surface area contributed by atoms with Crippen LogP contribution in [0.4, 0.5) is 0 Å². The maximum absolute atomic E-state index is 15.4. The fraction of sp³-hybridized carbons (Fsp3) is 0. The van der Waals surface area contributed by atoms with Gasteiger partial charge in [-0.15, -0.1) is 0 Å². The minimum absolute atomic E-state index is 0.830. The third-order valence-corrected chi connectivity index (χ3v) is 13.1. The van der Waals surface area contributed by atoms with E-state index in [-0.39, 0.29) is 0 Å². The van der Waals surface area contributed by atoms with E-state index < -0.39 is 7.14 Å². The molecule has 1 aliphatic rings. The maximum atomic E-state index is 15.4. The Bertz CT molecular complexity index is 2790. The first-order valence-corrected chi connectivity index (χ1v) is 18.3. The van der Waals surface area contributed by atoms with Crippen molar-refractivity contribution in [3.63, 3.8) is 0 Å². The van der Waals surface area contributed by atoms with Gasteiger partial charge in [0.2, 0.25) is 0 Å². The van der Waals surface area contributed by atoms with Crippen molar-refractivity contribution < 1.29 is 4.57 Å². The van der Waals surface area contributed by atoms with E-state index >= 15 is 4.57 Å². The molecule has 10 rings (SSSR count). The van der Waals surface area contributed by atoms with Gasteiger partial charge in [-0.25, -0.2) is 4.98 Å². The summed E-state index contributed by atoms with van der Waals surface area (Å²) in [6, 6.07) is 61.0. The third-order valence-electron chi connectivity index (χ3n) is 9.98.